The van der Waals surface area contributed by atoms with Crippen molar-refractivity contribution in [3.05, 3.63) is 156 Å². The molecule has 0 saturated heterocycles. The monoisotopic (exact) mass is 438 g/mol. The predicted octanol–water partition coefficient (Wildman–Crippen LogP) is 8.08. The Morgan fingerprint density at radius 3 is 2.26 bits per heavy atom. The summed E-state index contributed by atoms with van der Waals surface area (Å²) < 4.78 is 0. The summed E-state index contributed by atoms with van der Waals surface area (Å²) in [5.41, 5.74) is 11.5. The Morgan fingerprint density at radius 2 is 1.41 bits per heavy atom. The molecule has 0 saturated carbocycles. The van der Waals surface area contributed by atoms with Crippen molar-refractivity contribution >= 4 is 22.7 Å². The number of hydrogen-bond acceptors (Lipinski definition) is 2. The third kappa shape index (κ3) is 3.27. The van der Waals surface area contributed by atoms with Crippen LogP contribution in [0.3, 0.4) is 0 Å². The quantitative estimate of drug-likeness (QED) is 0.379. The van der Waals surface area contributed by atoms with E-state index in [1.807, 2.05) is 0 Å². The molecule has 2 heteroatoms. The van der Waals surface area contributed by atoms with Gasteiger partial charge in [-0.1, -0.05) is 86.0 Å². The number of allylic oxidation sites excluding steroid dienone is 7. The molecule has 3 aliphatic rings. The lowest BCUT2D eigenvalue weighted by molar-refractivity contribution is 1.13. The molecule has 2 nitrogen and oxygen atoms in total. The molecule has 0 spiro atoms. The van der Waals surface area contributed by atoms with Crippen LogP contribution in [0.4, 0.5) is 22.7 Å². The fourth-order valence-corrected chi connectivity index (χ4v) is 5.17. The Bertz CT molecular complexity index is 1430. The van der Waals surface area contributed by atoms with Gasteiger partial charge in [-0.05, 0) is 54.0 Å². The Morgan fingerprint density at radius 1 is 0.676 bits per heavy atom. The highest BCUT2D eigenvalue weighted by Crippen LogP contribution is 2.47. The number of anilines is 4. The lowest BCUT2D eigenvalue weighted by Crippen LogP contribution is -2.20. The van der Waals surface area contributed by atoms with E-state index in [0.29, 0.717) is 0 Å². The summed E-state index contributed by atoms with van der Waals surface area (Å²) in [6.07, 6.45) is 14.7. The van der Waals surface area contributed by atoms with E-state index in [9.17, 15) is 0 Å². The van der Waals surface area contributed by atoms with Crippen molar-refractivity contribution in [3.8, 4) is 0 Å². The minimum Gasteiger partial charge on any atom is -0.311 e. The fraction of sp³-hybridized carbons (Fsp3) is 0.0625. The summed E-state index contributed by atoms with van der Waals surface area (Å²) in [7, 11) is 0. The normalized spacial score (nSPS) is 19.2. The van der Waals surface area contributed by atoms with E-state index in [1.165, 1.54) is 33.6 Å². The van der Waals surface area contributed by atoms with Gasteiger partial charge in [0, 0.05) is 40.3 Å². The molecule has 0 atom stereocenters. The second-order valence-corrected chi connectivity index (χ2v) is 8.79. The molecule has 3 aromatic carbocycles. The molecule has 3 aliphatic heterocycles. The Labute approximate surface area is 201 Å². The first kappa shape index (κ1) is 20.3. The zero-order chi connectivity index (χ0) is 23.1. The van der Waals surface area contributed by atoms with Crippen molar-refractivity contribution in [2.75, 3.05) is 9.80 Å². The SMILES string of the molecule is C=C1C=CC=C2Cc3c(cccc3N3C(=C)/C2=C\C=C/Cc2ccccc23)N1c1ccccc1. The van der Waals surface area contributed by atoms with E-state index in [4.69, 9.17) is 0 Å². The lowest BCUT2D eigenvalue weighted by Gasteiger charge is -2.32. The van der Waals surface area contributed by atoms with Gasteiger partial charge in [-0.3, -0.25) is 0 Å². The molecule has 0 amide bonds. The van der Waals surface area contributed by atoms with Crippen LogP contribution in [0.25, 0.3) is 0 Å². The van der Waals surface area contributed by atoms with Gasteiger partial charge in [0.25, 0.3) is 0 Å². The van der Waals surface area contributed by atoms with Crippen LogP contribution in [0.5, 0.6) is 0 Å². The lowest BCUT2D eigenvalue weighted by atomic mass is 9.95. The Balaban J connectivity index is 1.69. The van der Waals surface area contributed by atoms with Gasteiger partial charge in [0.1, 0.15) is 0 Å². The molecule has 0 fully saturated rings. The molecule has 3 aromatic rings. The highest BCUT2D eigenvalue weighted by atomic mass is 15.2. The Kier molecular flexibility index (Phi) is 4.92. The molecule has 164 valence electrons. The summed E-state index contributed by atoms with van der Waals surface area (Å²) in [4.78, 5) is 4.62. The molecule has 6 rings (SSSR count). The molecular weight excluding hydrogens is 412 g/mol. The maximum absolute atomic E-state index is 4.63. The molecule has 0 radical (unpaired) electrons. The van der Waals surface area contributed by atoms with Crippen LogP contribution in [0, 0.1) is 0 Å². The molecular formula is C32H26N2. The van der Waals surface area contributed by atoms with E-state index < -0.39 is 0 Å². The number of fused-ring (bicyclic) bond motifs is 7. The van der Waals surface area contributed by atoms with Crippen molar-refractivity contribution in [1.82, 2.24) is 0 Å². The van der Waals surface area contributed by atoms with Crippen LogP contribution in [0.2, 0.25) is 0 Å². The van der Waals surface area contributed by atoms with Gasteiger partial charge in [-0.15, -0.1) is 0 Å². The largest absolute Gasteiger partial charge is 0.311 e. The number of hydrogen-bond donors (Lipinski definition) is 0. The number of rotatable bonds is 1. The van der Waals surface area contributed by atoms with E-state index in [-0.39, 0.29) is 0 Å². The van der Waals surface area contributed by atoms with Crippen LogP contribution >= 0.6 is 0 Å². The van der Waals surface area contributed by atoms with Crippen LogP contribution in [-0.2, 0) is 12.8 Å². The maximum atomic E-state index is 4.63. The standard InChI is InChI=1S/C32H26N2/c1-23-12-10-15-26-22-29-31(33(23)27-16-4-3-5-17-27)20-11-21-32(29)34-24(2)28(26)18-8-6-13-25-14-7-9-19-30(25)34/h3-12,14-21H,1-2,13,22H2/b8-6-,12-10?,26-15?,28-18+. The van der Waals surface area contributed by atoms with Crippen molar-refractivity contribution in [1.29, 1.82) is 0 Å². The summed E-state index contributed by atoms with van der Waals surface area (Å²) in [6.45, 7) is 9.06. The summed E-state index contributed by atoms with van der Waals surface area (Å²) in [5, 5.41) is 0. The molecule has 4 bridgehead atoms. The maximum Gasteiger partial charge on any atom is 0.0518 e. The van der Waals surface area contributed by atoms with Gasteiger partial charge < -0.3 is 9.80 Å². The average molecular weight is 439 g/mol. The number of nitrogens with zero attached hydrogens (tertiary/aromatic N) is 2. The topological polar surface area (TPSA) is 6.48 Å². The molecule has 0 N–H and O–H groups in total. The second kappa shape index (κ2) is 8.24. The Hall–Kier alpha value is -4.30. The van der Waals surface area contributed by atoms with Gasteiger partial charge in [-0.25, -0.2) is 0 Å². The van der Waals surface area contributed by atoms with E-state index in [2.05, 4.69) is 132 Å². The van der Waals surface area contributed by atoms with Crippen molar-refractivity contribution in [3.63, 3.8) is 0 Å². The fourth-order valence-electron chi connectivity index (χ4n) is 5.17. The molecule has 3 heterocycles. The second-order valence-electron chi connectivity index (χ2n) is 8.79. The zero-order valence-corrected chi connectivity index (χ0v) is 19.1. The molecule has 34 heavy (non-hydrogen) atoms. The van der Waals surface area contributed by atoms with Crippen LogP contribution in [0.1, 0.15) is 11.1 Å². The average Bonchev–Trinajstić information content (AvgIpc) is 2.89. The van der Waals surface area contributed by atoms with Crippen LogP contribution < -0.4 is 9.80 Å². The van der Waals surface area contributed by atoms with Crippen LogP contribution in [-0.4, -0.2) is 0 Å². The van der Waals surface area contributed by atoms with Gasteiger partial charge in [0.2, 0.25) is 0 Å². The van der Waals surface area contributed by atoms with Crippen molar-refractivity contribution in [2.45, 2.75) is 12.8 Å². The first-order chi connectivity index (χ1) is 16.7. The molecule has 0 aromatic heterocycles. The number of benzene rings is 3. The van der Waals surface area contributed by atoms with Gasteiger partial charge in [0.05, 0.1) is 11.4 Å². The van der Waals surface area contributed by atoms with Gasteiger partial charge in [0.15, 0.2) is 0 Å². The number of para-hydroxylation sites is 2. The molecule has 0 aliphatic carbocycles. The third-order valence-corrected chi connectivity index (χ3v) is 6.76. The highest BCUT2D eigenvalue weighted by molar-refractivity contribution is 5.86. The predicted molar refractivity (Wildman–Crippen MR) is 144 cm³/mol. The zero-order valence-electron chi connectivity index (χ0n) is 19.1. The van der Waals surface area contributed by atoms with E-state index in [0.717, 1.165) is 35.6 Å². The first-order valence-corrected chi connectivity index (χ1v) is 11.7. The van der Waals surface area contributed by atoms with Gasteiger partial charge >= 0.3 is 0 Å². The van der Waals surface area contributed by atoms with Crippen molar-refractivity contribution < 1.29 is 0 Å². The smallest absolute Gasteiger partial charge is 0.0518 e. The van der Waals surface area contributed by atoms with Crippen LogP contribution in [0.15, 0.2) is 145 Å². The minimum atomic E-state index is 0.809. The van der Waals surface area contributed by atoms with E-state index in [1.54, 1.807) is 0 Å². The highest BCUT2D eigenvalue weighted by Gasteiger charge is 2.30. The summed E-state index contributed by atoms with van der Waals surface area (Å²) in [6, 6.07) is 25.7. The summed E-state index contributed by atoms with van der Waals surface area (Å²) >= 11 is 0. The van der Waals surface area contributed by atoms with Crippen molar-refractivity contribution in [2.24, 2.45) is 0 Å². The minimum absolute atomic E-state index is 0.809. The third-order valence-electron chi connectivity index (χ3n) is 6.76. The van der Waals surface area contributed by atoms with E-state index >= 15 is 0 Å². The first-order valence-electron chi connectivity index (χ1n) is 11.7. The molecule has 0 unspecified atom stereocenters. The summed E-state index contributed by atoms with van der Waals surface area (Å²) in [5.74, 6) is 0. The van der Waals surface area contributed by atoms with Gasteiger partial charge in [-0.2, -0.15) is 0 Å².